The second kappa shape index (κ2) is 8.12. The number of hydrogen-bond donors (Lipinski definition) is 2. The summed E-state index contributed by atoms with van der Waals surface area (Å²) in [5, 5.41) is 5.44. The van der Waals surface area contributed by atoms with Gasteiger partial charge in [-0.1, -0.05) is 31.2 Å². The molecule has 0 saturated carbocycles. The van der Waals surface area contributed by atoms with Crippen LogP contribution in [-0.4, -0.2) is 10.9 Å². The highest BCUT2D eigenvalue weighted by Crippen LogP contribution is 2.35. The van der Waals surface area contributed by atoms with Crippen LogP contribution >= 0.6 is 0 Å². The topological polar surface area (TPSA) is 54.0 Å². The summed E-state index contributed by atoms with van der Waals surface area (Å²) in [7, 11) is 0. The van der Waals surface area contributed by atoms with Crippen LogP contribution in [0, 0.1) is 0 Å². The van der Waals surface area contributed by atoms with E-state index in [0.717, 1.165) is 18.1 Å². The summed E-state index contributed by atoms with van der Waals surface area (Å²) in [4.78, 5) is 16.4. The van der Waals surface area contributed by atoms with E-state index >= 15 is 0 Å². The quantitative estimate of drug-likeness (QED) is 0.596. The summed E-state index contributed by atoms with van der Waals surface area (Å²) < 4.78 is 39.4. The van der Waals surface area contributed by atoms with Gasteiger partial charge in [-0.05, 0) is 42.3 Å². The number of halogens is 3. The zero-order chi connectivity index (χ0) is 20.1. The Morgan fingerprint density at radius 2 is 1.71 bits per heavy atom. The Kier molecular flexibility index (Phi) is 5.63. The van der Waals surface area contributed by atoms with Crippen LogP contribution in [0.25, 0.3) is 0 Å². The van der Waals surface area contributed by atoms with Gasteiger partial charge in [0.1, 0.15) is 0 Å². The van der Waals surface area contributed by atoms with Gasteiger partial charge in [0.2, 0.25) is 0 Å². The molecule has 0 atom stereocenters. The molecule has 0 radical (unpaired) electrons. The molecule has 2 N–H and O–H groups in total. The van der Waals surface area contributed by atoms with Crippen LogP contribution in [0.15, 0.2) is 67.0 Å². The van der Waals surface area contributed by atoms with Crippen molar-refractivity contribution in [1.29, 1.82) is 0 Å². The molecule has 0 aliphatic rings. The summed E-state index contributed by atoms with van der Waals surface area (Å²) in [5.41, 5.74) is 1.39. The predicted molar refractivity (Wildman–Crippen MR) is 103 cm³/mol. The molecule has 28 heavy (non-hydrogen) atoms. The van der Waals surface area contributed by atoms with Crippen molar-refractivity contribution in [3.05, 3.63) is 83.7 Å². The Balaban J connectivity index is 1.78. The van der Waals surface area contributed by atoms with Crippen molar-refractivity contribution >= 4 is 23.0 Å². The van der Waals surface area contributed by atoms with Gasteiger partial charge in [0.05, 0.1) is 28.7 Å². The maximum atomic E-state index is 13.1. The van der Waals surface area contributed by atoms with Crippen molar-refractivity contribution in [3.63, 3.8) is 0 Å². The number of carbonyl (C=O) groups is 1. The third-order valence-corrected chi connectivity index (χ3v) is 4.13. The first-order valence-electron chi connectivity index (χ1n) is 8.65. The fourth-order valence-corrected chi connectivity index (χ4v) is 2.65. The van der Waals surface area contributed by atoms with Crippen LogP contribution in [0.1, 0.15) is 28.4 Å². The third kappa shape index (κ3) is 4.68. The summed E-state index contributed by atoms with van der Waals surface area (Å²) >= 11 is 0. The fraction of sp³-hybridized carbons (Fsp3) is 0.143. The van der Waals surface area contributed by atoms with Gasteiger partial charge < -0.3 is 10.6 Å². The van der Waals surface area contributed by atoms with E-state index in [9.17, 15) is 18.0 Å². The molecule has 0 spiro atoms. The van der Waals surface area contributed by atoms with Crippen LogP contribution in [0.3, 0.4) is 0 Å². The first kappa shape index (κ1) is 19.4. The summed E-state index contributed by atoms with van der Waals surface area (Å²) in [5.74, 6) is -0.399. The summed E-state index contributed by atoms with van der Waals surface area (Å²) in [6, 6.07) is 14.0. The number of aromatic nitrogens is 1. The number of nitrogens with zero attached hydrogens (tertiary/aromatic N) is 1. The van der Waals surface area contributed by atoms with Crippen molar-refractivity contribution in [2.45, 2.75) is 19.5 Å². The lowest BCUT2D eigenvalue weighted by atomic mass is 10.1. The van der Waals surface area contributed by atoms with Crippen molar-refractivity contribution < 1.29 is 18.0 Å². The van der Waals surface area contributed by atoms with Crippen LogP contribution in [0.4, 0.5) is 30.2 Å². The van der Waals surface area contributed by atoms with Gasteiger partial charge in [-0.25, -0.2) is 0 Å². The Bertz CT molecular complexity index is 969. The number of benzene rings is 2. The second-order valence-corrected chi connectivity index (χ2v) is 6.14. The lowest BCUT2D eigenvalue weighted by Gasteiger charge is -2.14. The number of aryl methyl sites for hydroxylation is 1. The second-order valence-electron chi connectivity index (χ2n) is 6.14. The van der Waals surface area contributed by atoms with Crippen molar-refractivity contribution in [2.24, 2.45) is 0 Å². The lowest BCUT2D eigenvalue weighted by molar-refractivity contribution is -0.136. The molecular formula is C21H18F3N3O. The number of hydrogen-bond acceptors (Lipinski definition) is 3. The molecular weight excluding hydrogens is 367 g/mol. The average Bonchev–Trinajstić information content (AvgIpc) is 2.68. The molecule has 0 saturated heterocycles. The SMILES string of the molecule is CCc1ccc(NC(=O)c2cncc(Nc3ccccc3C(F)(F)F)c2)cc1. The van der Waals surface area contributed by atoms with Gasteiger partial charge in [-0.15, -0.1) is 0 Å². The molecule has 0 unspecified atom stereocenters. The van der Waals surface area contributed by atoms with E-state index in [2.05, 4.69) is 15.6 Å². The molecule has 2 aromatic carbocycles. The minimum atomic E-state index is -4.49. The molecule has 7 heteroatoms. The van der Waals surface area contributed by atoms with Crippen molar-refractivity contribution in [3.8, 4) is 0 Å². The van der Waals surface area contributed by atoms with Gasteiger partial charge in [0.15, 0.2) is 0 Å². The monoisotopic (exact) mass is 385 g/mol. The number of anilines is 3. The van der Waals surface area contributed by atoms with E-state index in [1.165, 1.54) is 36.7 Å². The van der Waals surface area contributed by atoms with Crippen molar-refractivity contribution in [1.82, 2.24) is 4.98 Å². The number of rotatable bonds is 5. The van der Waals surface area contributed by atoms with E-state index < -0.39 is 17.6 Å². The van der Waals surface area contributed by atoms with Crippen LogP contribution in [0.5, 0.6) is 0 Å². The number of para-hydroxylation sites is 1. The highest BCUT2D eigenvalue weighted by atomic mass is 19.4. The van der Waals surface area contributed by atoms with E-state index in [-0.39, 0.29) is 16.9 Å². The minimum Gasteiger partial charge on any atom is -0.354 e. The van der Waals surface area contributed by atoms with Crippen LogP contribution < -0.4 is 10.6 Å². The standard InChI is InChI=1S/C21H18F3N3O/c1-2-14-7-9-16(10-8-14)27-20(28)15-11-17(13-25-12-15)26-19-6-4-3-5-18(19)21(22,23)24/h3-13,26H,2H2,1H3,(H,27,28). The lowest BCUT2D eigenvalue weighted by Crippen LogP contribution is -2.13. The number of alkyl halides is 3. The molecule has 0 fully saturated rings. The number of pyridine rings is 1. The Hall–Kier alpha value is -3.35. The van der Waals surface area contributed by atoms with Crippen LogP contribution in [-0.2, 0) is 12.6 Å². The molecule has 1 amide bonds. The molecule has 1 aromatic heterocycles. The van der Waals surface area contributed by atoms with Gasteiger partial charge in [-0.3, -0.25) is 9.78 Å². The molecule has 1 heterocycles. The summed E-state index contributed by atoms with van der Waals surface area (Å²) in [6.45, 7) is 2.04. The smallest absolute Gasteiger partial charge is 0.354 e. The average molecular weight is 385 g/mol. The largest absolute Gasteiger partial charge is 0.418 e. The van der Waals surface area contributed by atoms with E-state index in [1.54, 1.807) is 12.1 Å². The van der Waals surface area contributed by atoms with E-state index in [4.69, 9.17) is 0 Å². The summed E-state index contributed by atoms with van der Waals surface area (Å²) in [6.07, 6.45) is -0.877. The Morgan fingerprint density at radius 1 is 1.00 bits per heavy atom. The highest BCUT2D eigenvalue weighted by Gasteiger charge is 2.33. The highest BCUT2D eigenvalue weighted by molar-refractivity contribution is 6.04. The van der Waals surface area contributed by atoms with Gasteiger partial charge in [-0.2, -0.15) is 13.2 Å². The Labute approximate surface area is 160 Å². The maximum absolute atomic E-state index is 13.1. The number of carbonyl (C=O) groups excluding carboxylic acids is 1. The number of amides is 1. The van der Waals surface area contributed by atoms with E-state index in [1.807, 2.05) is 19.1 Å². The number of nitrogens with one attached hydrogen (secondary N) is 2. The van der Waals surface area contributed by atoms with Gasteiger partial charge >= 0.3 is 6.18 Å². The van der Waals surface area contributed by atoms with Crippen LogP contribution in [0.2, 0.25) is 0 Å². The molecule has 0 aliphatic carbocycles. The van der Waals surface area contributed by atoms with Crippen molar-refractivity contribution in [2.75, 3.05) is 10.6 Å². The molecule has 144 valence electrons. The van der Waals surface area contributed by atoms with Gasteiger partial charge in [0.25, 0.3) is 5.91 Å². The normalized spacial score (nSPS) is 11.1. The molecule has 4 nitrogen and oxygen atoms in total. The minimum absolute atomic E-state index is 0.107. The predicted octanol–water partition coefficient (Wildman–Crippen LogP) is 5.66. The first-order valence-corrected chi connectivity index (χ1v) is 8.65. The molecule has 0 bridgehead atoms. The first-order chi connectivity index (χ1) is 13.4. The fourth-order valence-electron chi connectivity index (χ4n) is 2.65. The molecule has 0 aliphatic heterocycles. The molecule has 3 rings (SSSR count). The molecule has 3 aromatic rings. The zero-order valence-corrected chi connectivity index (χ0v) is 15.0. The zero-order valence-electron chi connectivity index (χ0n) is 15.0. The van der Waals surface area contributed by atoms with E-state index in [0.29, 0.717) is 5.69 Å². The van der Waals surface area contributed by atoms with Gasteiger partial charge in [0, 0.05) is 11.9 Å². The third-order valence-electron chi connectivity index (χ3n) is 4.13. The maximum Gasteiger partial charge on any atom is 0.418 e. The Morgan fingerprint density at radius 3 is 2.39 bits per heavy atom.